The van der Waals surface area contributed by atoms with Crippen LogP contribution in [0.3, 0.4) is 0 Å². The lowest BCUT2D eigenvalue weighted by atomic mass is 9.98. The highest BCUT2D eigenvalue weighted by molar-refractivity contribution is 5.55. The zero-order chi connectivity index (χ0) is 10.3. The van der Waals surface area contributed by atoms with Crippen LogP contribution < -0.4 is 9.47 Å². The van der Waals surface area contributed by atoms with Gasteiger partial charge in [0, 0.05) is 5.56 Å². The van der Waals surface area contributed by atoms with Gasteiger partial charge in [-0.3, -0.25) is 0 Å². The molecule has 3 heteroatoms. The molecule has 0 spiro atoms. The van der Waals surface area contributed by atoms with Gasteiger partial charge in [-0.15, -0.1) is 0 Å². The molecule has 0 amide bonds. The number of hydrogen-bond acceptors (Lipinski definition) is 3. The fourth-order valence-electron chi connectivity index (χ4n) is 1.80. The summed E-state index contributed by atoms with van der Waals surface area (Å²) in [6, 6.07) is 1.95. The van der Waals surface area contributed by atoms with Crippen LogP contribution in [0, 0.1) is 13.8 Å². The maximum atomic E-state index is 9.66. The molecule has 0 radical (unpaired) electrons. The zero-order valence-electron chi connectivity index (χ0n) is 8.63. The minimum atomic E-state index is -0.523. The molecule has 1 atom stereocenters. The van der Waals surface area contributed by atoms with E-state index in [-0.39, 0.29) is 6.79 Å². The van der Waals surface area contributed by atoms with Crippen LogP contribution >= 0.6 is 0 Å². The van der Waals surface area contributed by atoms with E-state index in [2.05, 4.69) is 0 Å². The van der Waals surface area contributed by atoms with E-state index in [1.165, 1.54) is 0 Å². The minimum Gasteiger partial charge on any atom is -0.454 e. The van der Waals surface area contributed by atoms with Crippen molar-refractivity contribution in [1.29, 1.82) is 0 Å². The number of aliphatic hydroxyl groups excluding tert-OH is 1. The van der Waals surface area contributed by atoms with E-state index < -0.39 is 6.10 Å². The van der Waals surface area contributed by atoms with Crippen LogP contribution in [0.2, 0.25) is 0 Å². The maximum Gasteiger partial charge on any atom is 0.231 e. The molecule has 0 saturated carbocycles. The molecule has 0 fully saturated rings. The third kappa shape index (κ3) is 1.24. The lowest BCUT2D eigenvalue weighted by Crippen LogP contribution is -2.00. The predicted molar refractivity (Wildman–Crippen MR) is 52.7 cm³/mol. The van der Waals surface area contributed by atoms with Gasteiger partial charge in [0.25, 0.3) is 0 Å². The highest BCUT2D eigenvalue weighted by Gasteiger charge is 2.23. The molecule has 1 heterocycles. The number of aliphatic hydroxyl groups is 1. The summed E-state index contributed by atoms with van der Waals surface area (Å²) in [5.74, 6) is 1.44. The molecule has 1 aliphatic rings. The Kier molecular flexibility index (Phi) is 2.11. The van der Waals surface area contributed by atoms with Gasteiger partial charge in [-0.25, -0.2) is 0 Å². The van der Waals surface area contributed by atoms with Gasteiger partial charge in [0.05, 0.1) is 6.10 Å². The molecule has 0 bridgehead atoms. The normalized spacial score (nSPS) is 15.7. The van der Waals surface area contributed by atoms with Crippen LogP contribution in [0.25, 0.3) is 0 Å². The Labute approximate surface area is 83.3 Å². The smallest absolute Gasteiger partial charge is 0.231 e. The summed E-state index contributed by atoms with van der Waals surface area (Å²) in [5.41, 5.74) is 3.03. The molecule has 76 valence electrons. The average Bonchev–Trinajstić information content (AvgIpc) is 2.52. The molecule has 0 aromatic heterocycles. The Bertz CT molecular complexity index is 369. The second-order valence-electron chi connectivity index (χ2n) is 3.64. The molecule has 1 aromatic rings. The highest BCUT2D eigenvalue weighted by Crippen LogP contribution is 2.41. The van der Waals surface area contributed by atoms with Crippen molar-refractivity contribution in [3.05, 3.63) is 22.8 Å². The summed E-state index contributed by atoms with van der Waals surface area (Å²) in [6.07, 6.45) is -0.523. The number of aryl methyl sites for hydroxylation is 1. The summed E-state index contributed by atoms with van der Waals surface area (Å²) in [5, 5.41) is 9.66. The third-order valence-corrected chi connectivity index (χ3v) is 2.65. The van der Waals surface area contributed by atoms with Gasteiger partial charge in [-0.05, 0) is 38.0 Å². The summed E-state index contributed by atoms with van der Waals surface area (Å²) < 4.78 is 10.6. The molecule has 2 rings (SSSR count). The van der Waals surface area contributed by atoms with Crippen molar-refractivity contribution in [2.75, 3.05) is 6.79 Å². The molecule has 0 aliphatic carbocycles. The van der Waals surface area contributed by atoms with Gasteiger partial charge >= 0.3 is 0 Å². The van der Waals surface area contributed by atoms with E-state index >= 15 is 0 Å². The second kappa shape index (κ2) is 3.17. The first-order valence-electron chi connectivity index (χ1n) is 4.69. The fraction of sp³-hybridized carbons (Fsp3) is 0.455. The summed E-state index contributed by atoms with van der Waals surface area (Å²) in [4.78, 5) is 0. The van der Waals surface area contributed by atoms with Gasteiger partial charge < -0.3 is 14.6 Å². The lowest BCUT2D eigenvalue weighted by molar-refractivity contribution is 0.164. The zero-order valence-corrected chi connectivity index (χ0v) is 8.63. The van der Waals surface area contributed by atoms with Gasteiger partial charge in [0.2, 0.25) is 6.79 Å². The first-order valence-corrected chi connectivity index (χ1v) is 4.69. The number of hydrogen-bond donors (Lipinski definition) is 1. The number of ether oxygens (including phenoxy) is 2. The third-order valence-electron chi connectivity index (χ3n) is 2.65. The van der Waals surface area contributed by atoms with Crippen LogP contribution in [0.4, 0.5) is 0 Å². The first-order chi connectivity index (χ1) is 6.61. The fourth-order valence-corrected chi connectivity index (χ4v) is 1.80. The first kappa shape index (κ1) is 9.34. The lowest BCUT2D eigenvalue weighted by Gasteiger charge is -2.14. The summed E-state index contributed by atoms with van der Waals surface area (Å²) >= 11 is 0. The average molecular weight is 194 g/mol. The molecule has 1 aliphatic heterocycles. The van der Waals surface area contributed by atoms with Gasteiger partial charge in [0.15, 0.2) is 11.5 Å². The number of rotatable bonds is 1. The highest BCUT2D eigenvalue weighted by atomic mass is 16.7. The topological polar surface area (TPSA) is 38.7 Å². The van der Waals surface area contributed by atoms with Crippen LogP contribution in [-0.2, 0) is 0 Å². The van der Waals surface area contributed by atoms with Crippen molar-refractivity contribution < 1.29 is 14.6 Å². The SMILES string of the molecule is Cc1cc2c(c(C(C)O)c1C)OCO2. The van der Waals surface area contributed by atoms with E-state index in [4.69, 9.17) is 9.47 Å². The molecular weight excluding hydrogens is 180 g/mol. The minimum absolute atomic E-state index is 0.248. The van der Waals surface area contributed by atoms with Crippen molar-refractivity contribution in [2.45, 2.75) is 26.9 Å². The molecule has 1 unspecified atom stereocenters. The number of fused-ring (bicyclic) bond motifs is 1. The van der Waals surface area contributed by atoms with Crippen LogP contribution in [-0.4, -0.2) is 11.9 Å². The van der Waals surface area contributed by atoms with Crippen molar-refractivity contribution in [2.24, 2.45) is 0 Å². The van der Waals surface area contributed by atoms with Crippen LogP contribution in [0.1, 0.15) is 29.7 Å². The largest absolute Gasteiger partial charge is 0.454 e. The molecule has 14 heavy (non-hydrogen) atoms. The van der Waals surface area contributed by atoms with Crippen molar-refractivity contribution in [1.82, 2.24) is 0 Å². The number of benzene rings is 1. The molecule has 1 aromatic carbocycles. The van der Waals surface area contributed by atoms with E-state index in [9.17, 15) is 5.11 Å². The Hall–Kier alpha value is -1.22. The van der Waals surface area contributed by atoms with E-state index in [0.29, 0.717) is 5.75 Å². The van der Waals surface area contributed by atoms with Crippen LogP contribution in [0.15, 0.2) is 6.07 Å². The molecule has 1 N–H and O–H groups in total. The van der Waals surface area contributed by atoms with Crippen molar-refractivity contribution in [3.8, 4) is 11.5 Å². The van der Waals surface area contributed by atoms with Gasteiger partial charge in [-0.1, -0.05) is 0 Å². The summed E-state index contributed by atoms with van der Waals surface area (Å²) in [6.45, 7) is 5.98. The predicted octanol–water partition coefficient (Wildman–Crippen LogP) is 2.09. The Morgan fingerprint density at radius 1 is 1.36 bits per heavy atom. The molecular formula is C11H14O3. The quantitative estimate of drug-likeness (QED) is 0.744. The van der Waals surface area contributed by atoms with Gasteiger partial charge in [-0.2, -0.15) is 0 Å². The van der Waals surface area contributed by atoms with E-state index in [1.54, 1.807) is 6.92 Å². The standard InChI is InChI=1S/C11H14O3/c1-6-4-9-11(14-5-13-9)10(7(6)2)8(3)12/h4,8,12H,5H2,1-3H3. The Morgan fingerprint density at radius 2 is 2.07 bits per heavy atom. The van der Waals surface area contributed by atoms with E-state index in [0.717, 1.165) is 22.4 Å². The molecule has 3 nitrogen and oxygen atoms in total. The summed E-state index contributed by atoms with van der Waals surface area (Å²) in [7, 11) is 0. The van der Waals surface area contributed by atoms with E-state index in [1.807, 2.05) is 19.9 Å². The maximum absolute atomic E-state index is 9.66. The van der Waals surface area contributed by atoms with Gasteiger partial charge in [0.1, 0.15) is 0 Å². The van der Waals surface area contributed by atoms with Crippen molar-refractivity contribution in [3.63, 3.8) is 0 Å². The Morgan fingerprint density at radius 3 is 2.71 bits per heavy atom. The monoisotopic (exact) mass is 194 g/mol. The molecule has 0 saturated heterocycles. The Balaban J connectivity index is 2.66. The van der Waals surface area contributed by atoms with Crippen LogP contribution in [0.5, 0.6) is 11.5 Å². The second-order valence-corrected chi connectivity index (χ2v) is 3.64. The van der Waals surface area contributed by atoms with Crippen molar-refractivity contribution >= 4 is 0 Å².